The summed E-state index contributed by atoms with van der Waals surface area (Å²) in [7, 11) is 0. The van der Waals surface area contributed by atoms with Crippen molar-refractivity contribution in [2.75, 3.05) is 11.1 Å². The first kappa shape index (κ1) is 11.2. The number of rotatable bonds is 2. The molecule has 0 radical (unpaired) electrons. The normalized spacial score (nSPS) is 13.2. The molecule has 0 unspecified atom stereocenters. The van der Waals surface area contributed by atoms with E-state index in [0.29, 0.717) is 6.42 Å². The molecule has 0 aliphatic carbocycles. The van der Waals surface area contributed by atoms with Crippen molar-refractivity contribution in [3.63, 3.8) is 0 Å². The van der Waals surface area contributed by atoms with Gasteiger partial charge in [-0.05, 0) is 29.8 Å². The molecule has 0 spiro atoms. The number of carbonyl (C=O) groups is 1. The molecule has 18 heavy (non-hydrogen) atoms. The van der Waals surface area contributed by atoms with Crippen molar-refractivity contribution in [1.29, 1.82) is 0 Å². The van der Waals surface area contributed by atoms with Crippen molar-refractivity contribution in [1.82, 2.24) is 0 Å². The second kappa shape index (κ2) is 4.38. The number of amides is 1. The Labute approximate surface area is 109 Å². The number of nitrogen functional groups attached to an aromatic ring is 1. The molecule has 0 saturated heterocycles. The fourth-order valence-electron chi connectivity index (χ4n) is 1.98. The largest absolute Gasteiger partial charge is 0.398 e. The summed E-state index contributed by atoms with van der Waals surface area (Å²) in [5.41, 5.74) is 8.61. The SMILES string of the molecule is Nc1cc2c(cc1Sc1ccccc1)NC(=O)C2. The molecule has 1 amide bonds. The Bertz CT molecular complexity index is 611. The van der Waals surface area contributed by atoms with Crippen LogP contribution in [0.5, 0.6) is 0 Å². The minimum atomic E-state index is 0.0336. The van der Waals surface area contributed by atoms with Gasteiger partial charge in [0.1, 0.15) is 0 Å². The van der Waals surface area contributed by atoms with E-state index >= 15 is 0 Å². The first-order valence-electron chi connectivity index (χ1n) is 5.67. The van der Waals surface area contributed by atoms with Gasteiger partial charge < -0.3 is 11.1 Å². The first-order chi connectivity index (χ1) is 8.72. The zero-order valence-corrected chi connectivity index (χ0v) is 10.5. The third-order valence-electron chi connectivity index (χ3n) is 2.83. The van der Waals surface area contributed by atoms with Crippen LogP contribution in [-0.2, 0) is 11.2 Å². The van der Waals surface area contributed by atoms with E-state index in [9.17, 15) is 4.79 Å². The van der Waals surface area contributed by atoms with Crippen LogP contribution in [0.15, 0.2) is 52.3 Å². The monoisotopic (exact) mass is 256 g/mol. The average molecular weight is 256 g/mol. The van der Waals surface area contributed by atoms with Crippen molar-refractivity contribution < 1.29 is 4.79 Å². The molecule has 1 aliphatic heterocycles. The maximum Gasteiger partial charge on any atom is 0.228 e. The van der Waals surface area contributed by atoms with Crippen LogP contribution in [0.25, 0.3) is 0 Å². The summed E-state index contributed by atoms with van der Waals surface area (Å²) in [6.07, 6.45) is 0.426. The highest BCUT2D eigenvalue weighted by Crippen LogP contribution is 2.37. The van der Waals surface area contributed by atoms with Gasteiger partial charge in [-0.1, -0.05) is 30.0 Å². The lowest BCUT2D eigenvalue weighted by atomic mass is 10.1. The first-order valence-corrected chi connectivity index (χ1v) is 6.49. The summed E-state index contributed by atoms with van der Waals surface area (Å²) >= 11 is 1.61. The van der Waals surface area contributed by atoms with Gasteiger partial charge in [-0.2, -0.15) is 0 Å². The molecule has 0 bridgehead atoms. The minimum Gasteiger partial charge on any atom is -0.398 e. The van der Waals surface area contributed by atoms with Crippen molar-refractivity contribution in [2.24, 2.45) is 0 Å². The molecule has 1 heterocycles. The van der Waals surface area contributed by atoms with Crippen LogP contribution < -0.4 is 11.1 Å². The molecule has 90 valence electrons. The molecule has 2 aromatic rings. The summed E-state index contributed by atoms with van der Waals surface area (Å²) in [6.45, 7) is 0. The highest BCUT2D eigenvalue weighted by Gasteiger charge is 2.19. The number of anilines is 2. The third kappa shape index (κ3) is 2.07. The summed E-state index contributed by atoms with van der Waals surface area (Å²) in [6, 6.07) is 13.9. The summed E-state index contributed by atoms with van der Waals surface area (Å²) in [4.78, 5) is 13.4. The molecule has 3 nitrogen and oxygen atoms in total. The summed E-state index contributed by atoms with van der Waals surface area (Å²) in [5.74, 6) is 0.0336. The van der Waals surface area contributed by atoms with E-state index in [0.717, 1.165) is 26.7 Å². The van der Waals surface area contributed by atoms with Crippen LogP contribution >= 0.6 is 11.8 Å². The Kier molecular flexibility index (Phi) is 2.72. The quantitative estimate of drug-likeness (QED) is 0.812. The van der Waals surface area contributed by atoms with E-state index in [1.165, 1.54) is 0 Å². The molecule has 2 aromatic carbocycles. The molecule has 0 fully saturated rings. The number of carbonyl (C=O) groups excluding carboxylic acids is 1. The standard InChI is InChI=1S/C14H12N2OS/c15-11-6-9-7-14(17)16-12(9)8-13(11)18-10-4-2-1-3-5-10/h1-6,8H,7,15H2,(H,16,17). The van der Waals surface area contributed by atoms with E-state index < -0.39 is 0 Å². The number of fused-ring (bicyclic) bond motifs is 1. The van der Waals surface area contributed by atoms with E-state index in [4.69, 9.17) is 5.73 Å². The molecular formula is C14H12N2OS. The van der Waals surface area contributed by atoms with Gasteiger partial charge in [0, 0.05) is 21.2 Å². The van der Waals surface area contributed by atoms with Gasteiger partial charge in [0.25, 0.3) is 0 Å². The van der Waals surface area contributed by atoms with E-state index in [1.807, 2.05) is 42.5 Å². The van der Waals surface area contributed by atoms with Gasteiger partial charge in [-0.15, -0.1) is 0 Å². The second-order valence-corrected chi connectivity index (χ2v) is 5.30. The number of hydrogen-bond donors (Lipinski definition) is 2. The Morgan fingerprint density at radius 3 is 2.72 bits per heavy atom. The smallest absolute Gasteiger partial charge is 0.228 e. The maximum absolute atomic E-state index is 11.3. The Hall–Kier alpha value is -1.94. The molecule has 0 atom stereocenters. The van der Waals surface area contributed by atoms with E-state index in [1.54, 1.807) is 11.8 Å². The van der Waals surface area contributed by atoms with Gasteiger partial charge in [0.05, 0.1) is 6.42 Å². The van der Waals surface area contributed by atoms with Crippen LogP contribution in [0.2, 0.25) is 0 Å². The number of nitrogens with two attached hydrogens (primary N) is 1. The molecular weight excluding hydrogens is 244 g/mol. The van der Waals surface area contributed by atoms with E-state index in [2.05, 4.69) is 5.32 Å². The molecule has 0 aromatic heterocycles. The van der Waals surface area contributed by atoms with Crippen molar-refractivity contribution >= 4 is 29.0 Å². The zero-order valence-electron chi connectivity index (χ0n) is 9.64. The van der Waals surface area contributed by atoms with E-state index in [-0.39, 0.29) is 5.91 Å². The maximum atomic E-state index is 11.3. The number of nitrogens with one attached hydrogen (secondary N) is 1. The number of benzene rings is 2. The number of hydrogen-bond acceptors (Lipinski definition) is 3. The van der Waals surface area contributed by atoms with Crippen LogP contribution in [-0.4, -0.2) is 5.91 Å². The van der Waals surface area contributed by atoms with Crippen molar-refractivity contribution in [3.8, 4) is 0 Å². The third-order valence-corrected chi connectivity index (χ3v) is 3.91. The predicted octanol–water partition coefficient (Wildman–Crippen LogP) is 2.91. The van der Waals surface area contributed by atoms with Gasteiger partial charge >= 0.3 is 0 Å². The predicted molar refractivity (Wildman–Crippen MR) is 73.8 cm³/mol. The minimum absolute atomic E-state index is 0.0336. The van der Waals surface area contributed by atoms with Gasteiger partial charge in [-0.25, -0.2) is 0 Å². The van der Waals surface area contributed by atoms with Crippen molar-refractivity contribution in [3.05, 3.63) is 48.0 Å². The Morgan fingerprint density at radius 1 is 1.17 bits per heavy atom. The van der Waals surface area contributed by atoms with Crippen LogP contribution in [0.1, 0.15) is 5.56 Å². The lowest BCUT2D eigenvalue weighted by Crippen LogP contribution is -2.03. The Balaban J connectivity index is 1.94. The summed E-state index contributed by atoms with van der Waals surface area (Å²) in [5, 5.41) is 2.84. The summed E-state index contributed by atoms with van der Waals surface area (Å²) < 4.78 is 0. The van der Waals surface area contributed by atoms with Crippen LogP contribution in [0, 0.1) is 0 Å². The fraction of sp³-hybridized carbons (Fsp3) is 0.0714. The average Bonchev–Trinajstić information content (AvgIpc) is 2.70. The van der Waals surface area contributed by atoms with Crippen molar-refractivity contribution in [2.45, 2.75) is 16.2 Å². The highest BCUT2D eigenvalue weighted by atomic mass is 32.2. The van der Waals surface area contributed by atoms with Crippen LogP contribution in [0.4, 0.5) is 11.4 Å². The van der Waals surface area contributed by atoms with Gasteiger partial charge in [0.15, 0.2) is 0 Å². The van der Waals surface area contributed by atoms with Gasteiger partial charge in [-0.3, -0.25) is 4.79 Å². The van der Waals surface area contributed by atoms with Crippen LogP contribution in [0.3, 0.4) is 0 Å². The topological polar surface area (TPSA) is 55.1 Å². The zero-order chi connectivity index (χ0) is 12.5. The van der Waals surface area contributed by atoms with Gasteiger partial charge in [0.2, 0.25) is 5.91 Å². The lowest BCUT2D eigenvalue weighted by Gasteiger charge is -2.08. The molecule has 0 saturated carbocycles. The molecule has 3 N–H and O–H groups in total. The fourth-order valence-corrected chi connectivity index (χ4v) is 2.88. The molecule has 1 aliphatic rings. The Morgan fingerprint density at radius 2 is 1.94 bits per heavy atom. The molecule has 4 heteroatoms. The highest BCUT2D eigenvalue weighted by molar-refractivity contribution is 7.99. The second-order valence-electron chi connectivity index (χ2n) is 4.19. The lowest BCUT2D eigenvalue weighted by molar-refractivity contribution is -0.115. The molecule has 3 rings (SSSR count).